The summed E-state index contributed by atoms with van der Waals surface area (Å²) in [5, 5.41) is 16.7. The Bertz CT molecular complexity index is 1750. The fourth-order valence-electron chi connectivity index (χ4n) is 3.67. The molecule has 10 nitrogen and oxygen atoms in total. The van der Waals surface area contributed by atoms with Gasteiger partial charge in [0.15, 0.2) is 0 Å². The smallest absolute Gasteiger partial charge is 0.222 e. The third kappa shape index (κ3) is 7.93. The summed E-state index contributed by atoms with van der Waals surface area (Å²) < 4.78 is 2.09. The molecule has 0 radical (unpaired) electrons. The molecule has 0 saturated heterocycles. The quantitative estimate of drug-likeness (QED) is 0.220. The molecule has 42 heavy (non-hydrogen) atoms. The average Bonchev–Trinajstić information content (AvgIpc) is 3.44. The highest BCUT2D eigenvalue weighted by Crippen LogP contribution is 2.23. The molecular formula is C32H26N10. The Morgan fingerprint density at radius 1 is 0.500 bits per heavy atom. The predicted octanol–water partition coefficient (Wildman–Crippen LogP) is 8.46. The summed E-state index contributed by atoms with van der Waals surface area (Å²) in [4.78, 5) is 15.1. The molecular weight excluding hydrogens is 524 g/mol. The molecule has 0 aliphatic rings. The second-order valence-electron chi connectivity index (χ2n) is 8.61. The molecule has 204 valence electrons. The van der Waals surface area contributed by atoms with Crippen molar-refractivity contribution in [2.45, 2.75) is 0 Å². The first-order chi connectivity index (χ1) is 20.7. The summed E-state index contributed by atoms with van der Waals surface area (Å²) in [5.74, 6) is 0.259. The summed E-state index contributed by atoms with van der Waals surface area (Å²) in [6, 6.07) is 40.9. The summed E-state index contributed by atoms with van der Waals surface area (Å²) in [7, 11) is 0. The van der Waals surface area contributed by atoms with Crippen LogP contribution < -0.4 is 5.73 Å². The van der Waals surface area contributed by atoms with Gasteiger partial charge in [0.1, 0.15) is 18.3 Å². The minimum atomic E-state index is 0.259. The van der Waals surface area contributed by atoms with E-state index < -0.39 is 0 Å². The van der Waals surface area contributed by atoms with Crippen molar-refractivity contribution in [1.82, 2.24) is 24.3 Å². The molecule has 0 aliphatic heterocycles. The summed E-state index contributed by atoms with van der Waals surface area (Å²) in [6.45, 7) is 0. The SMILES string of the molecule is Nc1ncncn1.c1ccc(N=Nc2ccc(N=Nc3ccccc3)cc2)cc1.c1ccc2c(c1)nc1ccccn12. The van der Waals surface area contributed by atoms with Crippen LogP contribution in [-0.2, 0) is 0 Å². The van der Waals surface area contributed by atoms with Crippen molar-refractivity contribution >= 4 is 45.4 Å². The lowest BCUT2D eigenvalue weighted by atomic mass is 10.3. The zero-order chi connectivity index (χ0) is 28.8. The Morgan fingerprint density at radius 3 is 1.50 bits per heavy atom. The van der Waals surface area contributed by atoms with Crippen LogP contribution in [0.2, 0.25) is 0 Å². The van der Waals surface area contributed by atoms with Crippen LogP contribution in [0.25, 0.3) is 16.7 Å². The molecule has 0 atom stereocenters. The van der Waals surface area contributed by atoms with E-state index in [2.05, 4.69) is 50.9 Å². The monoisotopic (exact) mass is 550 g/mol. The van der Waals surface area contributed by atoms with Gasteiger partial charge in [-0.15, -0.1) is 0 Å². The maximum Gasteiger partial charge on any atom is 0.222 e. The van der Waals surface area contributed by atoms with Crippen molar-refractivity contribution in [3.63, 3.8) is 0 Å². The third-order valence-corrected chi connectivity index (χ3v) is 5.65. The summed E-state index contributed by atoms with van der Waals surface area (Å²) in [6.07, 6.45) is 4.73. The van der Waals surface area contributed by atoms with E-state index in [9.17, 15) is 0 Å². The second-order valence-corrected chi connectivity index (χ2v) is 8.61. The number of nitrogens with zero attached hydrogens (tertiary/aromatic N) is 9. The van der Waals surface area contributed by atoms with Gasteiger partial charge in [0, 0.05) is 6.20 Å². The van der Waals surface area contributed by atoms with Gasteiger partial charge in [-0.3, -0.25) is 4.40 Å². The molecule has 0 amide bonds. The Morgan fingerprint density at radius 2 is 0.976 bits per heavy atom. The molecule has 4 aromatic carbocycles. The van der Waals surface area contributed by atoms with Crippen molar-refractivity contribution < 1.29 is 0 Å². The molecule has 0 fully saturated rings. The van der Waals surface area contributed by atoms with Crippen LogP contribution in [0, 0.1) is 0 Å². The molecule has 2 N–H and O–H groups in total. The van der Waals surface area contributed by atoms with Gasteiger partial charge in [0.25, 0.3) is 0 Å². The lowest BCUT2D eigenvalue weighted by Gasteiger charge is -1.95. The molecule has 3 heterocycles. The van der Waals surface area contributed by atoms with E-state index >= 15 is 0 Å². The lowest BCUT2D eigenvalue weighted by molar-refractivity contribution is 1.06. The van der Waals surface area contributed by atoms with E-state index in [1.165, 1.54) is 12.7 Å². The van der Waals surface area contributed by atoms with Gasteiger partial charge >= 0.3 is 0 Å². The highest BCUT2D eigenvalue weighted by atomic mass is 15.1. The Labute approximate surface area is 242 Å². The fourth-order valence-corrected chi connectivity index (χ4v) is 3.67. The minimum Gasteiger partial charge on any atom is -0.368 e. The number of hydrogen-bond acceptors (Lipinski definition) is 9. The first kappa shape index (κ1) is 27.4. The third-order valence-electron chi connectivity index (χ3n) is 5.65. The molecule has 7 rings (SSSR count). The van der Waals surface area contributed by atoms with Gasteiger partial charge in [-0.25, -0.2) is 19.9 Å². The van der Waals surface area contributed by atoms with E-state index in [4.69, 9.17) is 5.73 Å². The molecule has 0 saturated carbocycles. The Kier molecular flexibility index (Phi) is 9.33. The molecule has 3 aromatic heterocycles. The van der Waals surface area contributed by atoms with Crippen molar-refractivity contribution in [3.05, 3.63) is 146 Å². The molecule has 7 aromatic rings. The zero-order valence-corrected chi connectivity index (χ0v) is 22.5. The van der Waals surface area contributed by atoms with Crippen LogP contribution in [0.1, 0.15) is 0 Å². The van der Waals surface area contributed by atoms with Gasteiger partial charge in [-0.2, -0.15) is 20.5 Å². The van der Waals surface area contributed by atoms with E-state index in [0.29, 0.717) is 0 Å². The number of para-hydroxylation sites is 2. The van der Waals surface area contributed by atoms with Gasteiger partial charge in [-0.05, 0) is 72.8 Å². The summed E-state index contributed by atoms with van der Waals surface area (Å²) >= 11 is 0. The highest BCUT2D eigenvalue weighted by Gasteiger charge is 2.00. The molecule has 0 unspecified atom stereocenters. The van der Waals surface area contributed by atoms with Crippen LogP contribution in [0.3, 0.4) is 0 Å². The topological polar surface area (TPSA) is 131 Å². The number of azo groups is 2. The second kappa shape index (κ2) is 14.3. The number of imidazole rings is 1. The minimum absolute atomic E-state index is 0.259. The number of benzene rings is 4. The van der Waals surface area contributed by atoms with Gasteiger partial charge in [0.2, 0.25) is 5.95 Å². The number of aromatic nitrogens is 5. The van der Waals surface area contributed by atoms with Crippen LogP contribution in [0.4, 0.5) is 28.7 Å². The standard InChI is InChI=1S/C18H14N4.C11H8N2.C3H4N4/c1-3-7-15(8-4-1)19-21-17-11-13-18(14-12-17)22-20-16-9-5-2-6-10-16;1-2-6-10-9(5-1)12-11-7-3-4-8-13(10)11;4-3-6-1-5-2-7-3/h1-14H;1-8H;1-2H,(H2,4,5,6,7). The Hall–Kier alpha value is -6.16. The van der Waals surface area contributed by atoms with Crippen molar-refractivity contribution in [2.75, 3.05) is 5.73 Å². The number of rotatable bonds is 4. The number of nitrogens with two attached hydrogens (primary N) is 1. The molecule has 0 aliphatic carbocycles. The largest absolute Gasteiger partial charge is 0.368 e. The van der Waals surface area contributed by atoms with Gasteiger partial charge in [0.05, 0.1) is 33.8 Å². The highest BCUT2D eigenvalue weighted by molar-refractivity contribution is 5.80. The van der Waals surface area contributed by atoms with E-state index in [0.717, 1.165) is 39.4 Å². The summed E-state index contributed by atoms with van der Waals surface area (Å²) in [5.41, 5.74) is 11.5. The van der Waals surface area contributed by atoms with Crippen LogP contribution >= 0.6 is 0 Å². The van der Waals surface area contributed by atoms with Crippen LogP contribution in [-0.4, -0.2) is 24.3 Å². The van der Waals surface area contributed by atoms with Crippen molar-refractivity contribution in [1.29, 1.82) is 0 Å². The van der Waals surface area contributed by atoms with E-state index in [1.807, 2.05) is 128 Å². The van der Waals surface area contributed by atoms with E-state index in [-0.39, 0.29) is 5.95 Å². The fraction of sp³-hybridized carbons (Fsp3) is 0. The number of hydrogen-bond donors (Lipinski definition) is 1. The molecule has 0 bridgehead atoms. The van der Waals surface area contributed by atoms with Crippen molar-refractivity contribution in [3.8, 4) is 0 Å². The van der Waals surface area contributed by atoms with Gasteiger partial charge < -0.3 is 5.73 Å². The maximum absolute atomic E-state index is 5.10. The average molecular weight is 551 g/mol. The first-order valence-corrected chi connectivity index (χ1v) is 13.0. The number of nitrogen functional groups attached to an aromatic ring is 1. The van der Waals surface area contributed by atoms with Crippen molar-refractivity contribution in [2.24, 2.45) is 20.5 Å². The maximum atomic E-state index is 5.10. The molecule has 10 heteroatoms. The normalized spacial score (nSPS) is 10.8. The van der Waals surface area contributed by atoms with Crippen LogP contribution in [0.15, 0.2) is 167 Å². The first-order valence-electron chi connectivity index (χ1n) is 13.0. The molecule has 0 spiro atoms. The number of fused-ring (bicyclic) bond motifs is 3. The van der Waals surface area contributed by atoms with Gasteiger partial charge in [-0.1, -0.05) is 54.6 Å². The predicted molar refractivity (Wildman–Crippen MR) is 165 cm³/mol. The Balaban J connectivity index is 0.000000147. The zero-order valence-electron chi connectivity index (χ0n) is 22.5. The number of anilines is 1. The van der Waals surface area contributed by atoms with E-state index in [1.54, 1.807) is 0 Å². The van der Waals surface area contributed by atoms with Crippen LogP contribution in [0.5, 0.6) is 0 Å². The lowest BCUT2D eigenvalue weighted by Crippen LogP contribution is -1.92. The number of pyridine rings is 1.